The molecule has 2 aromatic heterocycles. The van der Waals surface area contributed by atoms with Crippen molar-refractivity contribution in [2.45, 2.75) is 63.8 Å². The first-order chi connectivity index (χ1) is 29.3. The largest absolute Gasteiger partial charge is 0.481 e. The number of nitrogen functional groups attached to an aromatic ring is 1. The number of carbonyl (C=O) groups excluding carboxylic acids is 4. The first-order valence-electron chi connectivity index (χ1n) is 18.3. The third kappa shape index (κ3) is 14.7. The summed E-state index contributed by atoms with van der Waals surface area (Å²) in [5.41, 5.74) is 3.95. The predicted octanol–water partition coefficient (Wildman–Crippen LogP) is -1.12. The number of hydrogen-bond acceptors (Lipinski definition) is 19. The maximum atomic E-state index is 12.7. The molecule has 0 radical (unpaired) electrons. The van der Waals surface area contributed by atoms with E-state index < -0.39 is 102 Å². The number of imidazole rings is 1. The fraction of sp³-hybridized carbons (Fsp3) is 0.500. The lowest BCUT2D eigenvalue weighted by molar-refractivity contribution is -0.137. The summed E-state index contributed by atoms with van der Waals surface area (Å²) >= 11 is 0. The molecule has 63 heavy (non-hydrogen) atoms. The Morgan fingerprint density at radius 2 is 1.51 bits per heavy atom. The number of carboxylic acid groups (broad SMARTS) is 1. The molecule has 31 heteroatoms. The summed E-state index contributed by atoms with van der Waals surface area (Å²) in [6, 6.07) is 5.58. The van der Waals surface area contributed by atoms with E-state index in [1.54, 1.807) is 0 Å². The van der Waals surface area contributed by atoms with Gasteiger partial charge in [-0.05, 0) is 6.07 Å². The van der Waals surface area contributed by atoms with Gasteiger partial charge in [-0.15, -0.1) is 0 Å². The van der Waals surface area contributed by atoms with Crippen molar-refractivity contribution >= 4 is 69.9 Å². The number of carbonyl (C=O) groups is 5. The van der Waals surface area contributed by atoms with Crippen LogP contribution in [0.4, 0.5) is 5.82 Å². The summed E-state index contributed by atoms with van der Waals surface area (Å²) in [4.78, 5) is 112. The van der Waals surface area contributed by atoms with Crippen LogP contribution in [0, 0.1) is 5.41 Å². The number of nitrogens with one attached hydrogen (secondary N) is 3. The van der Waals surface area contributed by atoms with Crippen molar-refractivity contribution < 1.29 is 95.2 Å². The number of aliphatic hydroxyl groups excluding tert-OH is 2. The number of ether oxygens (including phenoxy) is 1. The Bertz CT molecular complexity index is 2310. The van der Waals surface area contributed by atoms with Crippen LogP contribution in [0.5, 0.6) is 0 Å². The van der Waals surface area contributed by atoms with Crippen LogP contribution in [0.25, 0.3) is 11.2 Å². The minimum absolute atomic E-state index is 0.0124. The molecule has 28 nitrogen and oxygen atoms in total. The molecule has 3 aromatic rings. The maximum absolute atomic E-state index is 12.7. The second-order valence-corrected chi connectivity index (χ2v) is 18.4. The van der Waals surface area contributed by atoms with E-state index in [4.69, 9.17) is 19.5 Å². The second kappa shape index (κ2) is 21.4. The van der Waals surface area contributed by atoms with E-state index in [1.165, 1.54) is 38.1 Å². The minimum atomic E-state index is -5.61. The average Bonchev–Trinajstić information content (AvgIpc) is 3.76. The standard InChI is InChI=1S/C32H45N8O20P3/c1-32(2,26(45)29(46)36-10-9-22(43)35-12-11-34-21(42)8-7-19(41)17-5-3-4-6-18(17)31(47)48)14-57-63(54,55)60-62(52,53)56-13-20-25(59-61(49,50)51)24(44)30(58-20)40-16-39-23-27(33)37-15-38-28(23)40/h3-6,15-16,20,24-26,30,44-45H,7-14H2,1-2H3,(H,34,42)(H,35,43)(H,36,46)(H,47,48)(H,52,53)(H,54,55)(H2,33,37,38)(H2,49,50,51)/t20-,24-,25-,26+,30-/m1/s1. The van der Waals surface area contributed by atoms with Crippen molar-refractivity contribution in [3.05, 3.63) is 48.0 Å². The lowest BCUT2D eigenvalue weighted by Crippen LogP contribution is -2.46. The number of ketones is 1. The molecule has 4 rings (SSSR count). The SMILES string of the molecule is CC(C)(COP(=O)(O)OP(=O)(O)OC[C@H]1O[C@@H](n2cnc3c(N)ncnc32)[C@H](O)[C@@H]1OP(=O)(O)O)[C@@H](O)C(=O)NCCC(=O)NCCNC(=O)CCC(=O)c1ccccc1C(=O)O. The van der Waals surface area contributed by atoms with E-state index >= 15 is 0 Å². The summed E-state index contributed by atoms with van der Waals surface area (Å²) in [5.74, 6) is -4.01. The van der Waals surface area contributed by atoms with Gasteiger partial charge in [0.05, 0.1) is 25.1 Å². The van der Waals surface area contributed by atoms with Gasteiger partial charge < -0.3 is 61.3 Å². The number of fused-ring (bicyclic) bond motifs is 1. The van der Waals surface area contributed by atoms with Gasteiger partial charge in [-0.2, -0.15) is 4.31 Å². The molecule has 1 saturated heterocycles. The van der Waals surface area contributed by atoms with Crippen LogP contribution in [0.3, 0.4) is 0 Å². The zero-order chi connectivity index (χ0) is 46.9. The van der Waals surface area contributed by atoms with Crippen molar-refractivity contribution in [2.75, 3.05) is 38.6 Å². The number of nitrogens with two attached hydrogens (primary N) is 1. The molecular formula is C32H45N8O20P3. The average molecular weight is 955 g/mol. The van der Waals surface area contributed by atoms with Crippen molar-refractivity contribution in [1.82, 2.24) is 35.5 Å². The molecule has 3 amide bonds. The van der Waals surface area contributed by atoms with Gasteiger partial charge >= 0.3 is 29.4 Å². The molecule has 2 unspecified atom stereocenters. The summed E-state index contributed by atoms with van der Waals surface area (Å²) in [7, 11) is -16.5. The summed E-state index contributed by atoms with van der Waals surface area (Å²) in [6.07, 6.45) is -7.70. The van der Waals surface area contributed by atoms with E-state index in [2.05, 4.69) is 39.7 Å². The van der Waals surface area contributed by atoms with Crippen LogP contribution >= 0.6 is 23.5 Å². The number of carboxylic acids is 1. The molecule has 12 N–H and O–H groups in total. The number of amides is 3. The number of aromatic nitrogens is 4. The van der Waals surface area contributed by atoms with Crippen molar-refractivity contribution in [3.63, 3.8) is 0 Å². The number of phosphoric acid groups is 3. The van der Waals surface area contributed by atoms with Crippen LogP contribution in [-0.2, 0) is 50.7 Å². The van der Waals surface area contributed by atoms with E-state index in [0.29, 0.717) is 0 Å². The second-order valence-electron chi connectivity index (χ2n) is 14.2. The monoisotopic (exact) mass is 954 g/mol. The van der Waals surface area contributed by atoms with Gasteiger partial charge in [-0.1, -0.05) is 32.0 Å². The molecule has 1 aromatic carbocycles. The van der Waals surface area contributed by atoms with Gasteiger partial charge in [0.2, 0.25) is 17.7 Å². The van der Waals surface area contributed by atoms with Crippen molar-refractivity contribution in [1.29, 1.82) is 0 Å². The highest BCUT2D eigenvalue weighted by molar-refractivity contribution is 7.61. The van der Waals surface area contributed by atoms with Crippen LogP contribution in [0.1, 0.15) is 60.1 Å². The number of anilines is 1. The van der Waals surface area contributed by atoms with Gasteiger partial charge in [-0.3, -0.25) is 37.3 Å². The number of phosphoric ester groups is 3. The quantitative estimate of drug-likeness (QED) is 0.0288. The van der Waals surface area contributed by atoms with Crippen molar-refractivity contribution in [3.8, 4) is 0 Å². The Hall–Kier alpha value is -4.63. The summed E-state index contributed by atoms with van der Waals surface area (Å²) in [6.45, 7) is -0.0159. The highest BCUT2D eigenvalue weighted by atomic mass is 31.3. The lowest BCUT2D eigenvalue weighted by atomic mass is 9.87. The summed E-state index contributed by atoms with van der Waals surface area (Å²) in [5, 5.41) is 38.0. The molecule has 1 aliphatic rings. The van der Waals surface area contributed by atoms with Crippen LogP contribution in [0.2, 0.25) is 0 Å². The Kier molecular flexibility index (Phi) is 17.3. The third-order valence-electron chi connectivity index (χ3n) is 8.88. The molecule has 0 saturated carbocycles. The molecule has 3 heterocycles. The number of rotatable bonds is 24. The van der Waals surface area contributed by atoms with E-state index in [1.807, 2.05) is 0 Å². The van der Waals surface area contributed by atoms with Gasteiger partial charge in [0, 0.05) is 49.9 Å². The maximum Gasteiger partial charge on any atom is 0.481 e. The number of benzene rings is 1. The first kappa shape index (κ1) is 51.0. The van der Waals surface area contributed by atoms with Gasteiger partial charge in [0.15, 0.2) is 23.5 Å². The Labute approximate surface area is 355 Å². The third-order valence-corrected chi connectivity index (χ3v) is 12.0. The predicted molar refractivity (Wildman–Crippen MR) is 210 cm³/mol. The van der Waals surface area contributed by atoms with E-state index in [0.717, 1.165) is 17.2 Å². The molecule has 0 spiro atoms. The molecule has 0 bridgehead atoms. The van der Waals surface area contributed by atoms with Gasteiger partial charge in [0.1, 0.15) is 36.3 Å². The molecule has 1 fully saturated rings. The van der Waals surface area contributed by atoms with Crippen LogP contribution in [0.15, 0.2) is 36.9 Å². The number of Topliss-reactive ketones (excluding diaryl/α,β-unsaturated/α-hetero) is 1. The highest BCUT2D eigenvalue weighted by Crippen LogP contribution is 2.61. The number of hydrogen-bond donors (Lipinski definition) is 11. The fourth-order valence-electron chi connectivity index (χ4n) is 5.71. The minimum Gasteiger partial charge on any atom is -0.478 e. The Morgan fingerprint density at radius 3 is 2.14 bits per heavy atom. The topological polar surface area (TPSA) is 430 Å². The van der Waals surface area contributed by atoms with Crippen LogP contribution < -0.4 is 21.7 Å². The van der Waals surface area contributed by atoms with Crippen LogP contribution in [-0.4, -0.2) is 141 Å². The number of aromatic carboxylic acids is 1. The summed E-state index contributed by atoms with van der Waals surface area (Å²) < 4.78 is 62.1. The fourth-order valence-corrected chi connectivity index (χ4v) is 8.54. The molecule has 348 valence electrons. The lowest BCUT2D eigenvalue weighted by Gasteiger charge is -2.30. The molecular weight excluding hydrogens is 909 g/mol. The highest BCUT2D eigenvalue weighted by Gasteiger charge is 2.50. The number of aliphatic hydroxyl groups is 2. The van der Waals surface area contributed by atoms with E-state index in [9.17, 15) is 72.6 Å². The van der Waals surface area contributed by atoms with Gasteiger partial charge in [0.25, 0.3) is 0 Å². The first-order valence-corrected chi connectivity index (χ1v) is 22.8. The Balaban J connectivity index is 1.18. The van der Waals surface area contributed by atoms with Gasteiger partial charge in [-0.25, -0.2) is 33.4 Å². The molecule has 7 atom stereocenters. The number of nitrogens with zero attached hydrogens (tertiary/aromatic N) is 4. The molecule has 1 aliphatic heterocycles. The normalized spacial score (nSPS) is 20.3. The zero-order valence-corrected chi connectivity index (χ0v) is 35.8. The smallest absolute Gasteiger partial charge is 0.478 e. The van der Waals surface area contributed by atoms with E-state index in [-0.39, 0.29) is 67.0 Å². The Morgan fingerprint density at radius 1 is 0.889 bits per heavy atom. The zero-order valence-electron chi connectivity index (χ0n) is 33.2. The van der Waals surface area contributed by atoms with Crippen molar-refractivity contribution in [2.24, 2.45) is 5.41 Å². The molecule has 0 aliphatic carbocycles.